The summed E-state index contributed by atoms with van der Waals surface area (Å²) in [7, 11) is 0. The summed E-state index contributed by atoms with van der Waals surface area (Å²) in [5.41, 5.74) is 0. The van der Waals surface area contributed by atoms with Crippen molar-refractivity contribution in [1.82, 2.24) is 5.32 Å². The molecule has 1 saturated heterocycles. The molecule has 1 rings (SSSR count). The molecular formula is C8H17NO. The Morgan fingerprint density at radius 1 is 1.50 bits per heavy atom. The highest BCUT2D eigenvalue weighted by atomic mass is 16.3. The Hall–Kier alpha value is -0.0800. The first-order chi connectivity index (χ1) is 4.75. The maximum Gasteiger partial charge on any atom is 0.0462 e. The zero-order chi connectivity index (χ0) is 7.56. The lowest BCUT2D eigenvalue weighted by molar-refractivity contribution is 0.128. The van der Waals surface area contributed by atoms with E-state index in [9.17, 15) is 0 Å². The van der Waals surface area contributed by atoms with E-state index in [0.29, 0.717) is 24.5 Å². The summed E-state index contributed by atoms with van der Waals surface area (Å²) in [5, 5.41) is 12.3. The Kier molecular flexibility index (Phi) is 2.69. The van der Waals surface area contributed by atoms with Crippen LogP contribution < -0.4 is 5.32 Å². The van der Waals surface area contributed by atoms with Gasteiger partial charge < -0.3 is 10.4 Å². The molecule has 1 aliphatic heterocycles. The lowest BCUT2D eigenvalue weighted by atomic mass is 9.83. The van der Waals surface area contributed by atoms with Crippen LogP contribution in [-0.4, -0.2) is 24.3 Å². The van der Waals surface area contributed by atoms with Crippen LogP contribution in [0.3, 0.4) is 0 Å². The molecule has 10 heavy (non-hydrogen) atoms. The molecule has 3 unspecified atom stereocenters. The summed E-state index contributed by atoms with van der Waals surface area (Å²) >= 11 is 0. The van der Waals surface area contributed by atoms with Gasteiger partial charge in [0.1, 0.15) is 0 Å². The quantitative estimate of drug-likeness (QED) is 0.564. The van der Waals surface area contributed by atoms with Gasteiger partial charge in [-0.15, -0.1) is 0 Å². The fourth-order valence-corrected chi connectivity index (χ4v) is 1.61. The van der Waals surface area contributed by atoms with Crippen LogP contribution in [0.4, 0.5) is 0 Å². The van der Waals surface area contributed by atoms with Crippen molar-refractivity contribution in [3.05, 3.63) is 0 Å². The SMILES string of the molecule is CC1NCCC(CO)C1C. The molecule has 0 radical (unpaired) electrons. The summed E-state index contributed by atoms with van der Waals surface area (Å²) < 4.78 is 0. The minimum Gasteiger partial charge on any atom is -0.396 e. The molecule has 0 aliphatic carbocycles. The zero-order valence-corrected chi connectivity index (χ0v) is 6.80. The average Bonchev–Trinajstić information content (AvgIpc) is 1.95. The molecule has 1 aliphatic rings. The number of aliphatic hydroxyl groups is 1. The van der Waals surface area contributed by atoms with E-state index in [1.807, 2.05) is 0 Å². The van der Waals surface area contributed by atoms with Crippen LogP contribution in [0.5, 0.6) is 0 Å². The number of piperidine rings is 1. The van der Waals surface area contributed by atoms with Gasteiger partial charge in [0, 0.05) is 12.6 Å². The first-order valence-corrected chi connectivity index (χ1v) is 4.10. The van der Waals surface area contributed by atoms with Crippen molar-refractivity contribution in [2.75, 3.05) is 13.2 Å². The van der Waals surface area contributed by atoms with Crippen molar-refractivity contribution >= 4 is 0 Å². The third-order valence-corrected chi connectivity index (χ3v) is 2.75. The van der Waals surface area contributed by atoms with Crippen LogP contribution in [0.25, 0.3) is 0 Å². The Morgan fingerprint density at radius 3 is 2.70 bits per heavy atom. The third-order valence-electron chi connectivity index (χ3n) is 2.75. The average molecular weight is 143 g/mol. The van der Waals surface area contributed by atoms with Crippen molar-refractivity contribution < 1.29 is 5.11 Å². The fourth-order valence-electron chi connectivity index (χ4n) is 1.61. The maximum absolute atomic E-state index is 8.95. The molecule has 0 aromatic carbocycles. The molecule has 0 amide bonds. The maximum atomic E-state index is 8.95. The van der Waals surface area contributed by atoms with Crippen LogP contribution >= 0.6 is 0 Å². The van der Waals surface area contributed by atoms with Gasteiger partial charge in [0.2, 0.25) is 0 Å². The molecule has 0 bridgehead atoms. The topological polar surface area (TPSA) is 32.3 Å². The minimum absolute atomic E-state index is 0.354. The molecule has 1 fully saturated rings. The van der Waals surface area contributed by atoms with E-state index in [1.165, 1.54) is 0 Å². The molecule has 2 nitrogen and oxygen atoms in total. The summed E-state index contributed by atoms with van der Waals surface area (Å²) in [4.78, 5) is 0. The highest BCUT2D eigenvalue weighted by molar-refractivity contribution is 4.80. The van der Waals surface area contributed by atoms with Crippen LogP contribution in [0, 0.1) is 11.8 Å². The molecule has 3 atom stereocenters. The monoisotopic (exact) mass is 143 g/mol. The van der Waals surface area contributed by atoms with Crippen molar-refractivity contribution in [2.45, 2.75) is 26.3 Å². The zero-order valence-electron chi connectivity index (χ0n) is 6.80. The van der Waals surface area contributed by atoms with Gasteiger partial charge in [0.05, 0.1) is 0 Å². The molecular weight excluding hydrogens is 126 g/mol. The third kappa shape index (κ3) is 1.50. The molecule has 0 saturated carbocycles. The van der Waals surface area contributed by atoms with E-state index in [0.717, 1.165) is 13.0 Å². The molecule has 0 aromatic rings. The molecule has 1 heterocycles. The van der Waals surface area contributed by atoms with Gasteiger partial charge in [-0.2, -0.15) is 0 Å². The number of hydrogen-bond acceptors (Lipinski definition) is 2. The predicted molar refractivity (Wildman–Crippen MR) is 41.8 cm³/mol. The second-order valence-electron chi connectivity index (χ2n) is 3.33. The standard InChI is InChI=1S/C8H17NO/c1-6-7(2)9-4-3-8(6)5-10/h6-10H,3-5H2,1-2H3. The van der Waals surface area contributed by atoms with Crippen molar-refractivity contribution in [1.29, 1.82) is 0 Å². The van der Waals surface area contributed by atoms with Crippen LogP contribution in [-0.2, 0) is 0 Å². The number of aliphatic hydroxyl groups excluding tert-OH is 1. The van der Waals surface area contributed by atoms with Gasteiger partial charge in [-0.1, -0.05) is 6.92 Å². The van der Waals surface area contributed by atoms with Crippen LogP contribution in [0.15, 0.2) is 0 Å². The van der Waals surface area contributed by atoms with Crippen LogP contribution in [0.2, 0.25) is 0 Å². The van der Waals surface area contributed by atoms with Crippen molar-refractivity contribution in [2.24, 2.45) is 11.8 Å². The fraction of sp³-hybridized carbons (Fsp3) is 1.00. The molecule has 2 heteroatoms. The number of rotatable bonds is 1. The highest BCUT2D eigenvalue weighted by Crippen LogP contribution is 2.21. The minimum atomic E-state index is 0.354. The van der Waals surface area contributed by atoms with Crippen LogP contribution in [0.1, 0.15) is 20.3 Å². The van der Waals surface area contributed by atoms with E-state index in [-0.39, 0.29) is 0 Å². The number of hydrogen-bond donors (Lipinski definition) is 2. The van der Waals surface area contributed by atoms with E-state index in [1.54, 1.807) is 0 Å². The summed E-state index contributed by atoms with van der Waals surface area (Å²) in [6, 6.07) is 0.575. The normalized spacial score (nSPS) is 41.7. The van der Waals surface area contributed by atoms with Crippen molar-refractivity contribution in [3.63, 3.8) is 0 Å². The second kappa shape index (κ2) is 3.35. The summed E-state index contributed by atoms with van der Waals surface area (Å²) in [6.45, 7) is 5.81. The van der Waals surface area contributed by atoms with E-state index in [4.69, 9.17) is 5.11 Å². The van der Waals surface area contributed by atoms with E-state index in [2.05, 4.69) is 19.2 Å². The molecule has 60 valence electrons. The lowest BCUT2D eigenvalue weighted by Gasteiger charge is -2.33. The summed E-state index contributed by atoms with van der Waals surface area (Å²) in [6.07, 6.45) is 1.13. The Morgan fingerprint density at radius 2 is 2.20 bits per heavy atom. The molecule has 2 N–H and O–H groups in total. The van der Waals surface area contributed by atoms with Crippen molar-refractivity contribution in [3.8, 4) is 0 Å². The largest absolute Gasteiger partial charge is 0.396 e. The Balaban J connectivity index is 2.42. The van der Waals surface area contributed by atoms with Gasteiger partial charge in [0.25, 0.3) is 0 Å². The molecule has 0 spiro atoms. The lowest BCUT2D eigenvalue weighted by Crippen LogP contribution is -2.43. The predicted octanol–water partition coefficient (Wildman–Crippen LogP) is 0.613. The van der Waals surface area contributed by atoms with Gasteiger partial charge in [-0.3, -0.25) is 0 Å². The van der Waals surface area contributed by atoms with Gasteiger partial charge in [-0.05, 0) is 31.7 Å². The first kappa shape index (κ1) is 8.02. The molecule has 0 aromatic heterocycles. The van der Waals surface area contributed by atoms with Gasteiger partial charge >= 0.3 is 0 Å². The number of nitrogens with one attached hydrogen (secondary N) is 1. The second-order valence-corrected chi connectivity index (χ2v) is 3.33. The first-order valence-electron chi connectivity index (χ1n) is 4.10. The van der Waals surface area contributed by atoms with E-state index >= 15 is 0 Å². The Labute approximate surface area is 62.6 Å². The highest BCUT2D eigenvalue weighted by Gasteiger charge is 2.25. The summed E-state index contributed by atoms with van der Waals surface area (Å²) in [5.74, 6) is 1.15. The van der Waals surface area contributed by atoms with E-state index < -0.39 is 0 Å². The van der Waals surface area contributed by atoms with Gasteiger partial charge in [0.15, 0.2) is 0 Å². The smallest absolute Gasteiger partial charge is 0.0462 e. The van der Waals surface area contributed by atoms with Gasteiger partial charge in [-0.25, -0.2) is 0 Å². The Bertz CT molecular complexity index is 105.